The van der Waals surface area contributed by atoms with E-state index in [1.807, 2.05) is 16.9 Å². The lowest BCUT2D eigenvalue weighted by Gasteiger charge is -2.03. The van der Waals surface area contributed by atoms with E-state index in [-0.39, 0.29) is 0 Å². The van der Waals surface area contributed by atoms with E-state index >= 15 is 0 Å². The first-order valence-electron chi connectivity index (χ1n) is 4.58. The Balaban J connectivity index is 2.41. The van der Waals surface area contributed by atoms with Crippen molar-refractivity contribution in [3.05, 3.63) is 27.7 Å². The molecule has 0 unspecified atom stereocenters. The SMILES string of the molecule is CC(C)n1ccc(-c2sc(Cl)cc2Cl)n1. The fourth-order valence-electron chi connectivity index (χ4n) is 1.26. The Morgan fingerprint density at radius 1 is 1.40 bits per heavy atom. The summed E-state index contributed by atoms with van der Waals surface area (Å²) >= 11 is 13.4. The van der Waals surface area contributed by atoms with Gasteiger partial charge in [0.2, 0.25) is 0 Å². The Morgan fingerprint density at radius 2 is 2.13 bits per heavy atom. The summed E-state index contributed by atoms with van der Waals surface area (Å²) in [5.74, 6) is 0. The molecular weight excluding hydrogens is 251 g/mol. The van der Waals surface area contributed by atoms with Gasteiger partial charge in [-0.2, -0.15) is 5.10 Å². The quantitative estimate of drug-likeness (QED) is 0.778. The Kier molecular flexibility index (Phi) is 3.05. The molecule has 2 rings (SSSR count). The Labute approximate surface area is 102 Å². The molecule has 0 aliphatic carbocycles. The molecule has 2 aromatic heterocycles. The molecule has 0 fully saturated rings. The number of thiophene rings is 1. The van der Waals surface area contributed by atoms with E-state index in [2.05, 4.69) is 18.9 Å². The number of halogens is 2. The Bertz CT molecular complexity index is 473. The molecule has 0 saturated carbocycles. The van der Waals surface area contributed by atoms with Crippen LogP contribution in [0.2, 0.25) is 9.36 Å². The van der Waals surface area contributed by atoms with Gasteiger partial charge in [0.05, 0.1) is 14.2 Å². The number of hydrogen-bond acceptors (Lipinski definition) is 2. The molecule has 0 aliphatic rings. The zero-order chi connectivity index (χ0) is 11.0. The molecule has 2 nitrogen and oxygen atoms in total. The number of nitrogens with zero attached hydrogens (tertiary/aromatic N) is 2. The van der Waals surface area contributed by atoms with Gasteiger partial charge in [-0.15, -0.1) is 11.3 Å². The van der Waals surface area contributed by atoms with Crippen LogP contribution in [0.3, 0.4) is 0 Å². The van der Waals surface area contributed by atoms with Crippen LogP contribution in [0.25, 0.3) is 10.6 Å². The van der Waals surface area contributed by atoms with E-state index in [4.69, 9.17) is 23.2 Å². The molecule has 80 valence electrons. The number of hydrogen-bond donors (Lipinski definition) is 0. The molecule has 0 aromatic carbocycles. The molecule has 0 amide bonds. The first-order valence-corrected chi connectivity index (χ1v) is 6.15. The monoisotopic (exact) mass is 260 g/mol. The van der Waals surface area contributed by atoms with Crippen LogP contribution in [0.5, 0.6) is 0 Å². The minimum atomic E-state index is 0.355. The zero-order valence-electron chi connectivity index (χ0n) is 8.37. The highest BCUT2D eigenvalue weighted by Gasteiger charge is 2.11. The van der Waals surface area contributed by atoms with Gasteiger partial charge in [-0.25, -0.2) is 0 Å². The van der Waals surface area contributed by atoms with Crippen molar-refractivity contribution >= 4 is 34.5 Å². The molecule has 0 bridgehead atoms. The standard InChI is InChI=1S/C10H10Cl2N2S/c1-6(2)14-4-3-8(13-14)10-7(11)5-9(12)15-10/h3-6H,1-2H3. The summed E-state index contributed by atoms with van der Waals surface area (Å²) in [6.07, 6.45) is 1.95. The summed E-state index contributed by atoms with van der Waals surface area (Å²) in [4.78, 5) is 0.932. The van der Waals surface area contributed by atoms with E-state index in [1.165, 1.54) is 11.3 Å². The molecule has 0 spiro atoms. The number of aromatic nitrogens is 2. The van der Waals surface area contributed by atoms with E-state index in [0.29, 0.717) is 15.4 Å². The third-order valence-corrected chi connectivity index (χ3v) is 3.72. The molecule has 15 heavy (non-hydrogen) atoms. The maximum absolute atomic E-state index is 6.05. The van der Waals surface area contributed by atoms with Crippen LogP contribution >= 0.6 is 34.5 Å². The molecule has 0 N–H and O–H groups in total. The maximum Gasteiger partial charge on any atom is 0.104 e. The van der Waals surface area contributed by atoms with Gasteiger partial charge >= 0.3 is 0 Å². The van der Waals surface area contributed by atoms with E-state index < -0.39 is 0 Å². The van der Waals surface area contributed by atoms with Gasteiger partial charge in [0.1, 0.15) is 5.69 Å². The predicted molar refractivity (Wildman–Crippen MR) is 65.9 cm³/mol. The molecule has 2 heterocycles. The average Bonchev–Trinajstić information content (AvgIpc) is 2.71. The topological polar surface area (TPSA) is 17.8 Å². The maximum atomic E-state index is 6.05. The molecule has 0 aliphatic heterocycles. The third-order valence-electron chi connectivity index (χ3n) is 2.03. The zero-order valence-corrected chi connectivity index (χ0v) is 10.7. The van der Waals surface area contributed by atoms with Crippen molar-refractivity contribution < 1.29 is 0 Å². The second-order valence-corrected chi connectivity index (χ2v) is 5.59. The van der Waals surface area contributed by atoms with Gasteiger partial charge in [0.25, 0.3) is 0 Å². The van der Waals surface area contributed by atoms with Gasteiger partial charge in [0.15, 0.2) is 0 Å². The molecular formula is C10H10Cl2N2S. The average molecular weight is 261 g/mol. The summed E-state index contributed by atoms with van der Waals surface area (Å²) in [6.45, 7) is 4.17. The third kappa shape index (κ3) is 2.19. The van der Waals surface area contributed by atoms with Crippen molar-refractivity contribution in [3.63, 3.8) is 0 Å². The second kappa shape index (κ2) is 4.16. The first kappa shape index (κ1) is 11.0. The fraction of sp³-hybridized carbons (Fsp3) is 0.300. The van der Waals surface area contributed by atoms with Crippen molar-refractivity contribution in [2.75, 3.05) is 0 Å². The van der Waals surface area contributed by atoms with Gasteiger partial charge in [-0.1, -0.05) is 23.2 Å². The summed E-state index contributed by atoms with van der Waals surface area (Å²) in [6, 6.07) is 4.05. The highest BCUT2D eigenvalue weighted by atomic mass is 35.5. The highest BCUT2D eigenvalue weighted by molar-refractivity contribution is 7.20. The van der Waals surface area contributed by atoms with Crippen LogP contribution in [-0.2, 0) is 0 Å². The molecule has 2 aromatic rings. The highest BCUT2D eigenvalue weighted by Crippen LogP contribution is 2.37. The van der Waals surface area contributed by atoms with Crippen molar-refractivity contribution in [1.29, 1.82) is 0 Å². The summed E-state index contributed by atoms with van der Waals surface area (Å²) < 4.78 is 2.59. The lowest BCUT2D eigenvalue weighted by molar-refractivity contribution is 0.534. The number of rotatable bonds is 2. The molecule has 0 atom stereocenters. The minimum absolute atomic E-state index is 0.355. The van der Waals surface area contributed by atoms with Crippen molar-refractivity contribution in [2.24, 2.45) is 0 Å². The molecule has 0 saturated heterocycles. The predicted octanol–water partition coefficient (Wildman–Crippen LogP) is 4.50. The lowest BCUT2D eigenvalue weighted by atomic mass is 10.3. The van der Waals surface area contributed by atoms with Crippen LogP contribution in [0, 0.1) is 0 Å². The van der Waals surface area contributed by atoms with Crippen molar-refractivity contribution in [3.8, 4) is 10.6 Å². The smallest absolute Gasteiger partial charge is 0.104 e. The van der Waals surface area contributed by atoms with Crippen LogP contribution in [0.15, 0.2) is 18.3 Å². The van der Waals surface area contributed by atoms with Crippen molar-refractivity contribution in [1.82, 2.24) is 9.78 Å². The summed E-state index contributed by atoms with van der Waals surface area (Å²) in [7, 11) is 0. The van der Waals surface area contributed by atoms with Crippen LogP contribution in [-0.4, -0.2) is 9.78 Å². The van der Waals surface area contributed by atoms with Gasteiger partial charge in [-0.05, 0) is 26.0 Å². The Morgan fingerprint density at radius 3 is 2.60 bits per heavy atom. The summed E-state index contributed by atoms with van der Waals surface area (Å²) in [5, 5.41) is 5.10. The first-order chi connectivity index (χ1) is 7.08. The van der Waals surface area contributed by atoms with E-state index in [1.54, 1.807) is 6.07 Å². The molecule has 0 radical (unpaired) electrons. The fourth-order valence-corrected chi connectivity index (χ4v) is 2.79. The van der Waals surface area contributed by atoms with Crippen molar-refractivity contribution in [2.45, 2.75) is 19.9 Å². The van der Waals surface area contributed by atoms with Crippen LogP contribution in [0.4, 0.5) is 0 Å². The van der Waals surface area contributed by atoms with Gasteiger partial charge in [0, 0.05) is 12.2 Å². The Hall–Kier alpha value is -0.510. The normalized spacial score (nSPS) is 11.3. The lowest BCUT2D eigenvalue weighted by Crippen LogP contribution is -2.00. The minimum Gasteiger partial charge on any atom is -0.270 e. The van der Waals surface area contributed by atoms with E-state index in [0.717, 1.165) is 10.6 Å². The largest absolute Gasteiger partial charge is 0.270 e. The van der Waals surface area contributed by atoms with Crippen LogP contribution in [0.1, 0.15) is 19.9 Å². The second-order valence-electron chi connectivity index (χ2n) is 3.50. The van der Waals surface area contributed by atoms with Gasteiger partial charge in [-0.3, -0.25) is 4.68 Å². The summed E-state index contributed by atoms with van der Waals surface area (Å²) in [5.41, 5.74) is 0.880. The molecule has 5 heteroatoms. The van der Waals surface area contributed by atoms with Gasteiger partial charge < -0.3 is 0 Å². The van der Waals surface area contributed by atoms with Crippen LogP contribution < -0.4 is 0 Å². The van der Waals surface area contributed by atoms with E-state index in [9.17, 15) is 0 Å².